The van der Waals surface area contributed by atoms with Gasteiger partial charge in [-0.25, -0.2) is 0 Å². The van der Waals surface area contributed by atoms with Gasteiger partial charge in [-0.15, -0.1) is 0 Å². The first-order valence-corrected chi connectivity index (χ1v) is 7.28. The van der Waals surface area contributed by atoms with Crippen LogP contribution in [0.2, 0.25) is 0 Å². The second-order valence-corrected chi connectivity index (χ2v) is 5.80. The molecule has 2 heterocycles. The number of carbonyl (C=O) groups excluding carboxylic acids is 1. The van der Waals surface area contributed by atoms with Crippen LogP contribution in [0, 0.1) is 5.92 Å². The maximum absolute atomic E-state index is 12.3. The fourth-order valence-corrected chi connectivity index (χ4v) is 2.82. The Morgan fingerprint density at radius 3 is 3.11 bits per heavy atom. The van der Waals surface area contributed by atoms with Crippen molar-refractivity contribution < 1.29 is 4.79 Å². The van der Waals surface area contributed by atoms with Crippen molar-refractivity contribution in [1.29, 1.82) is 0 Å². The van der Waals surface area contributed by atoms with Crippen molar-refractivity contribution in [3.8, 4) is 0 Å². The molecule has 0 spiro atoms. The summed E-state index contributed by atoms with van der Waals surface area (Å²) in [6.07, 6.45) is 3.06. The van der Waals surface area contributed by atoms with Gasteiger partial charge in [0.1, 0.15) is 5.69 Å². The Morgan fingerprint density at radius 1 is 1.67 bits per heavy atom. The number of rotatable bonds is 3. The smallest absolute Gasteiger partial charge is 0.268 e. The van der Waals surface area contributed by atoms with Crippen molar-refractivity contribution in [2.24, 2.45) is 5.92 Å². The minimum Gasteiger partial charge on any atom is -0.346 e. The molecule has 5 heteroatoms. The lowest BCUT2D eigenvalue weighted by molar-refractivity contribution is 0.0906. The van der Waals surface area contributed by atoms with E-state index < -0.39 is 0 Å². The third kappa shape index (κ3) is 2.95. The molecule has 1 saturated heterocycles. The van der Waals surface area contributed by atoms with Crippen LogP contribution in [0.25, 0.3) is 0 Å². The van der Waals surface area contributed by atoms with E-state index in [-0.39, 0.29) is 11.9 Å². The highest BCUT2D eigenvalue weighted by Crippen LogP contribution is 2.16. The third-order valence-corrected chi connectivity index (χ3v) is 4.01. The van der Waals surface area contributed by atoms with E-state index in [4.69, 9.17) is 0 Å². The van der Waals surface area contributed by atoms with E-state index in [2.05, 4.69) is 33.5 Å². The molecule has 18 heavy (non-hydrogen) atoms. The van der Waals surface area contributed by atoms with Crippen LogP contribution < -0.4 is 10.6 Å². The monoisotopic (exact) mass is 313 g/mol. The molecule has 1 aliphatic heterocycles. The average molecular weight is 314 g/mol. The molecule has 1 aromatic heterocycles. The molecule has 4 nitrogen and oxygen atoms in total. The lowest BCUT2D eigenvalue weighted by Crippen LogP contribution is -2.50. The van der Waals surface area contributed by atoms with Crippen LogP contribution in [0.4, 0.5) is 0 Å². The van der Waals surface area contributed by atoms with Crippen molar-refractivity contribution in [2.75, 3.05) is 13.1 Å². The summed E-state index contributed by atoms with van der Waals surface area (Å²) < 4.78 is 2.91. The SMILES string of the molecule is CCn1cc(Br)cc1C(=O)NC1CNCCC1C. The Kier molecular flexibility index (Phi) is 4.45. The lowest BCUT2D eigenvalue weighted by Gasteiger charge is -2.30. The van der Waals surface area contributed by atoms with Crippen LogP contribution in [0.3, 0.4) is 0 Å². The Bertz CT molecular complexity index is 430. The third-order valence-electron chi connectivity index (χ3n) is 3.58. The zero-order valence-corrected chi connectivity index (χ0v) is 12.5. The Labute approximate surface area is 116 Å². The predicted octanol–water partition coefficient (Wildman–Crippen LogP) is 2.00. The number of hydrogen-bond acceptors (Lipinski definition) is 2. The largest absolute Gasteiger partial charge is 0.346 e. The molecule has 1 aromatic rings. The number of nitrogens with one attached hydrogen (secondary N) is 2. The zero-order chi connectivity index (χ0) is 13.1. The molecular formula is C13H20BrN3O. The molecule has 0 saturated carbocycles. The van der Waals surface area contributed by atoms with Gasteiger partial charge in [-0.05, 0) is 47.8 Å². The Morgan fingerprint density at radius 2 is 2.44 bits per heavy atom. The van der Waals surface area contributed by atoms with Gasteiger partial charge in [0.05, 0.1) is 0 Å². The molecule has 1 fully saturated rings. The van der Waals surface area contributed by atoms with Crippen LogP contribution in [0.1, 0.15) is 30.8 Å². The summed E-state index contributed by atoms with van der Waals surface area (Å²) in [6.45, 7) is 6.94. The normalized spacial score (nSPS) is 23.9. The van der Waals surface area contributed by atoms with Gasteiger partial charge < -0.3 is 15.2 Å². The molecule has 0 aliphatic carbocycles. The van der Waals surface area contributed by atoms with Crippen LogP contribution >= 0.6 is 15.9 Å². The van der Waals surface area contributed by atoms with Crippen LogP contribution in [-0.4, -0.2) is 29.6 Å². The van der Waals surface area contributed by atoms with Crippen molar-refractivity contribution in [3.63, 3.8) is 0 Å². The van der Waals surface area contributed by atoms with Crippen LogP contribution in [0.15, 0.2) is 16.7 Å². The zero-order valence-electron chi connectivity index (χ0n) is 10.9. The van der Waals surface area contributed by atoms with E-state index in [1.54, 1.807) is 0 Å². The Hall–Kier alpha value is -0.810. The summed E-state index contributed by atoms with van der Waals surface area (Å²) in [4.78, 5) is 12.3. The van der Waals surface area contributed by atoms with Crippen molar-refractivity contribution >= 4 is 21.8 Å². The van der Waals surface area contributed by atoms with E-state index in [0.717, 1.165) is 36.2 Å². The van der Waals surface area contributed by atoms with Gasteiger partial charge in [0.15, 0.2) is 0 Å². The van der Waals surface area contributed by atoms with Gasteiger partial charge in [-0.1, -0.05) is 6.92 Å². The fourth-order valence-electron chi connectivity index (χ4n) is 2.35. The predicted molar refractivity (Wildman–Crippen MR) is 75.7 cm³/mol. The first-order valence-electron chi connectivity index (χ1n) is 6.49. The molecule has 2 rings (SSSR count). The molecular weight excluding hydrogens is 294 g/mol. The summed E-state index contributed by atoms with van der Waals surface area (Å²) >= 11 is 3.42. The Balaban J connectivity index is 2.06. The minimum absolute atomic E-state index is 0.0168. The van der Waals surface area contributed by atoms with Gasteiger partial charge in [0, 0.05) is 29.8 Å². The van der Waals surface area contributed by atoms with Crippen molar-refractivity contribution in [2.45, 2.75) is 32.9 Å². The summed E-state index contributed by atoms with van der Waals surface area (Å²) in [7, 11) is 0. The number of aromatic nitrogens is 1. The summed E-state index contributed by atoms with van der Waals surface area (Å²) in [5.74, 6) is 0.548. The van der Waals surface area contributed by atoms with Crippen molar-refractivity contribution in [1.82, 2.24) is 15.2 Å². The van der Waals surface area contributed by atoms with Gasteiger partial charge in [-0.3, -0.25) is 4.79 Å². The van der Waals surface area contributed by atoms with E-state index in [1.165, 1.54) is 0 Å². The summed E-state index contributed by atoms with van der Waals surface area (Å²) in [6, 6.07) is 2.10. The highest BCUT2D eigenvalue weighted by Gasteiger charge is 2.24. The van der Waals surface area contributed by atoms with E-state index in [0.29, 0.717) is 5.92 Å². The number of halogens is 1. The first kappa shape index (κ1) is 13.6. The molecule has 100 valence electrons. The fraction of sp³-hybridized carbons (Fsp3) is 0.615. The molecule has 2 unspecified atom stereocenters. The van der Waals surface area contributed by atoms with Crippen LogP contribution in [-0.2, 0) is 6.54 Å². The van der Waals surface area contributed by atoms with E-state index in [1.807, 2.05) is 23.8 Å². The minimum atomic E-state index is 0.0168. The average Bonchev–Trinajstić information content (AvgIpc) is 2.73. The highest BCUT2D eigenvalue weighted by molar-refractivity contribution is 9.10. The second-order valence-electron chi connectivity index (χ2n) is 4.88. The molecule has 2 N–H and O–H groups in total. The standard InChI is InChI=1S/C13H20BrN3O/c1-3-17-8-10(14)6-12(17)13(18)16-11-7-15-5-4-9(11)2/h6,8-9,11,15H,3-5,7H2,1-2H3,(H,16,18). The molecule has 2 atom stereocenters. The van der Waals surface area contributed by atoms with E-state index in [9.17, 15) is 4.79 Å². The molecule has 0 radical (unpaired) electrons. The maximum atomic E-state index is 12.3. The van der Waals surface area contributed by atoms with Gasteiger partial charge in [-0.2, -0.15) is 0 Å². The number of amides is 1. The molecule has 0 aromatic carbocycles. The lowest BCUT2D eigenvalue weighted by atomic mass is 9.95. The van der Waals surface area contributed by atoms with Crippen LogP contribution in [0.5, 0.6) is 0 Å². The number of piperidine rings is 1. The topological polar surface area (TPSA) is 46.1 Å². The van der Waals surface area contributed by atoms with Gasteiger partial charge in [0.25, 0.3) is 5.91 Å². The molecule has 1 aliphatic rings. The second kappa shape index (κ2) is 5.89. The maximum Gasteiger partial charge on any atom is 0.268 e. The highest BCUT2D eigenvalue weighted by atomic mass is 79.9. The first-order chi connectivity index (χ1) is 8.61. The molecule has 0 bridgehead atoms. The number of hydrogen-bond donors (Lipinski definition) is 2. The van der Waals surface area contributed by atoms with Gasteiger partial charge in [0.2, 0.25) is 0 Å². The summed E-state index contributed by atoms with van der Waals surface area (Å²) in [5, 5.41) is 6.45. The number of nitrogens with zero attached hydrogens (tertiary/aromatic N) is 1. The summed E-state index contributed by atoms with van der Waals surface area (Å²) in [5.41, 5.74) is 0.724. The quantitative estimate of drug-likeness (QED) is 0.896. The van der Waals surface area contributed by atoms with Gasteiger partial charge >= 0.3 is 0 Å². The molecule has 1 amide bonds. The van der Waals surface area contributed by atoms with E-state index >= 15 is 0 Å². The number of carbonyl (C=O) groups is 1. The number of aryl methyl sites for hydroxylation is 1. The van der Waals surface area contributed by atoms with Crippen molar-refractivity contribution in [3.05, 3.63) is 22.4 Å².